The number of aromatic amines is 1. The Balaban J connectivity index is 1.52. The van der Waals surface area contributed by atoms with Crippen LogP contribution in [-0.4, -0.2) is 45.2 Å². The van der Waals surface area contributed by atoms with E-state index in [0.717, 1.165) is 31.2 Å². The van der Waals surface area contributed by atoms with Crippen molar-refractivity contribution in [2.45, 2.75) is 57.8 Å². The van der Waals surface area contributed by atoms with E-state index in [0.29, 0.717) is 30.7 Å². The summed E-state index contributed by atoms with van der Waals surface area (Å²) in [5, 5.41) is 9.64. The lowest BCUT2D eigenvalue weighted by atomic mass is 9.71. The fourth-order valence-corrected chi connectivity index (χ4v) is 5.03. The molecular formula is C20H26FN5O2. The molecule has 7 nitrogen and oxygen atoms in total. The molecule has 1 amide bonds. The summed E-state index contributed by atoms with van der Waals surface area (Å²) >= 11 is 0. The number of amides is 1. The Morgan fingerprint density at radius 2 is 2.32 bits per heavy atom. The van der Waals surface area contributed by atoms with Crippen molar-refractivity contribution < 1.29 is 13.9 Å². The Labute approximate surface area is 163 Å². The second-order valence-electron chi connectivity index (χ2n) is 7.70. The number of halogens is 1. The fourth-order valence-electron chi connectivity index (χ4n) is 5.03. The number of hydrogen-bond donors (Lipinski definition) is 2. The van der Waals surface area contributed by atoms with Crippen LogP contribution in [0.25, 0.3) is 0 Å². The molecule has 2 bridgehead atoms. The Morgan fingerprint density at radius 1 is 1.46 bits per heavy atom. The van der Waals surface area contributed by atoms with Crippen molar-refractivity contribution >= 4 is 5.91 Å². The molecule has 2 aromatic rings. The molecule has 0 aliphatic carbocycles. The number of aromatic nitrogens is 3. The maximum Gasteiger partial charge on any atom is 0.228 e. The maximum atomic E-state index is 13.5. The van der Waals surface area contributed by atoms with Crippen LogP contribution in [0.15, 0.2) is 24.5 Å². The van der Waals surface area contributed by atoms with Gasteiger partial charge in [0.2, 0.25) is 5.91 Å². The molecule has 1 aromatic heterocycles. The quantitative estimate of drug-likeness (QED) is 0.762. The molecule has 3 atom stereocenters. The first-order valence-electron chi connectivity index (χ1n) is 9.78. The van der Waals surface area contributed by atoms with Gasteiger partial charge in [0, 0.05) is 30.3 Å². The minimum absolute atomic E-state index is 0.0784. The zero-order valence-electron chi connectivity index (χ0n) is 16.2. The minimum atomic E-state index is -0.407. The van der Waals surface area contributed by atoms with Gasteiger partial charge >= 0.3 is 0 Å². The van der Waals surface area contributed by atoms with E-state index in [2.05, 4.69) is 32.3 Å². The van der Waals surface area contributed by atoms with Crippen molar-refractivity contribution in [2.24, 2.45) is 5.41 Å². The lowest BCUT2D eigenvalue weighted by Gasteiger charge is -2.35. The smallest absolute Gasteiger partial charge is 0.228 e. The average Bonchev–Trinajstić information content (AvgIpc) is 3.43. The molecule has 0 spiro atoms. The molecule has 8 heteroatoms. The molecule has 28 heavy (non-hydrogen) atoms. The van der Waals surface area contributed by atoms with E-state index in [4.69, 9.17) is 4.74 Å². The topological polar surface area (TPSA) is 83.1 Å². The van der Waals surface area contributed by atoms with Gasteiger partial charge < -0.3 is 10.1 Å². The van der Waals surface area contributed by atoms with Crippen molar-refractivity contribution in [1.82, 2.24) is 25.4 Å². The first kappa shape index (κ1) is 18.9. The predicted octanol–water partition coefficient (Wildman–Crippen LogP) is 2.40. The van der Waals surface area contributed by atoms with Gasteiger partial charge in [-0.05, 0) is 31.7 Å². The largest absolute Gasteiger partial charge is 0.496 e. The summed E-state index contributed by atoms with van der Waals surface area (Å²) in [6.45, 7) is 3.10. The molecular weight excluding hydrogens is 361 g/mol. The summed E-state index contributed by atoms with van der Waals surface area (Å²) in [6, 6.07) is 5.20. The van der Waals surface area contributed by atoms with Crippen LogP contribution in [0, 0.1) is 11.2 Å². The molecule has 0 saturated carbocycles. The highest BCUT2D eigenvalue weighted by molar-refractivity contribution is 5.84. The number of rotatable bonds is 7. The van der Waals surface area contributed by atoms with Gasteiger partial charge in [0.1, 0.15) is 23.7 Å². The number of nitrogens with zero attached hydrogens (tertiary/aromatic N) is 3. The lowest BCUT2D eigenvalue weighted by Crippen LogP contribution is -2.48. The summed E-state index contributed by atoms with van der Waals surface area (Å²) in [4.78, 5) is 19.7. The number of carbonyl (C=O) groups excluding carboxylic acids is 1. The van der Waals surface area contributed by atoms with Gasteiger partial charge in [-0.1, -0.05) is 13.0 Å². The molecule has 2 aliphatic rings. The van der Waals surface area contributed by atoms with Crippen molar-refractivity contribution in [3.63, 3.8) is 0 Å². The van der Waals surface area contributed by atoms with E-state index in [1.165, 1.54) is 18.5 Å². The highest BCUT2D eigenvalue weighted by atomic mass is 19.1. The minimum Gasteiger partial charge on any atom is -0.496 e. The second-order valence-corrected chi connectivity index (χ2v) is 7.70. The van der Waals surface area contributed by atoms with Gasteiger partial charge in [0.15, 0.2) is 0 Å². The van der Waals surface area contributed by atoms with Crippen LogP contribution in [0.5, 0.6) is 5.75 Å². The summed E-state index contributed by atoms with van der Waals surface area (Å²) in [6.07, 6.45) is 5.16. The molecule has 0 radical (unpaired) electrons. The average molecular weight is 387 g/mol. The van der Waals surface area contributed by atoms with E-state index >= 15 is 0 Å². The van der Waals surface area contributed by atoms with Crippen molar-refractivity contribution in [3.05, 3.63) is 41.7 Å². The molecule has 2 fully saturated rings. The molecule has 0 unspecified atom stereocenters. The van der Waals surface area contributed by atoms with Crippen LogP contribution in [0.2, 0.25) is 0 Å². The van der Waals surface area contributed by atoms with E-state index in [9.17, 15) is 9.18 Å². The summed E-state index contributed by atoms with van der Waals surface area (Å²) < 4.78 is 18.9. The van der Waals surface area contributed by atoms with E-state index < -0.39 is 5.41 Å². The molecule has 4 rings (SSSR count). The van der Waals surface area contributed by atoms with E-state index in [-0.39, 0.29) is 17.8 Å². The number of benzene rings is 1. The number of carbonyl (C=O) groups is 1. The highest BCUT2D eigenvalue weighted by Crippen LogP contribution is 2.52. The highest BCUT2D eigenvalue weighted by Gasteiger charge is 2.58. The van der Waals surface area contributed by atoms with Gasteiger partial charge in [0.25, 0.3) is 0 Å². The van der Waals surface area contributed by atoms with Crippen LogP contribution in [0.3, 0.4) is 0 Å². The van der Waals surface area contributed by atoms with Gasteiger partial charge in [-0.25, -0.2) is 9.37 Å². The Morgan fingerprint density at radius 3 is 3.04 bits per heavy atom. The molecule has 1 aromatic carbocycles. The Hall–Kier alpha value is -2.48. The third-order valence-electron chi connectivity index (χ3n) is 6.45. The third kappa shape index (κ3) is 3.15. The van der Waals surface area contributed by atoms with Crippen LogP contribution in [0.4, 0.5) is 4.39 Å². The predicted molar refractivity (Wildman–Crippen MR) is 101 cm³/mol. The molecule has 2 saturated heterocycles. The SMILES string of the molecule is CC[C@@]1(C(=O)NCc2ncn[nH]2)C[C@@H]2CC[C@H]1N2Cc1ccc(F)cc1OC. The first-order valence-corrected chi connectivity index (χ1v) is 9.78. The summed E-state index contributed by atoms with van der Waals surface area (Å²) in [7, 11) is 1.56. The summed E-state index contributed by atoms with van der Waals surface area (Å²) in [5.74, 6) is 0.980. The summed E-state index contributed by atoms with van der Waals surface area (Å²) in [5.41, 5.74) is 0.547. The normalized spacial score (nSPS) is 26.5. The number of hydrogen-bond acceptors (Lipinski definition) is 5. The van der Waals surface area contributed by atoms with Crippen molar-refractivity contribution in [1.29, 1.82) is 0 Å². The maximum absolute atomic E-state index is 13.5. The zero-order chi connectivity index (χ0) is 19.7. The monoisotopic (exact) mass is 387 g/mol. The van der Waals surface area contributed by atoms with Crippen molar-refractivity contribution in [3.8, 4) is 5.75 Å². The molecule has 3 heterocycles. The number of fused-ring (bicyclic) bond motifs is 2. The van der Waals surface area contributed by atoms with E-state index in [1.54, 1.807) is 13.2 Å². The van der Waals surface area contributed by atoms with Crippen molar-refractivity contribution in [2.75, 3.05) is 7.11 Å². The molecule has 150 valence electrons. The fraction of sp³-hybridized carbons (Fsp3) is 0.550. The van der Waals surface area contributed by atoms with Crippen LogP contribution >= 0.6 is 0 Å². The van der Waals surface area contributed by atoms with Gasteiger partial charge in [-0.15, -0.1) is 0 Å². The van der Waals surface area contributed by atoms with Crippen LogP contribution in [0.1, 0.15) is 44.0 Å². The van der Waals surface area contributed by atoms with Gasteiger partial charge in [-0.3, -0.25) is 14.8 Å². The van der Waals surface area contributed by atoms with Crippen LogP contribution in [-0.2, 0) is 17.9 Å². The number of methoxy groups -OCH3 is 1. The Kier molecular flexibility index (Phi) is 5.05. The molecule has 2 aliphatic heterocycles. The Bertz CT molecular complexity index is 843. The zero-order valence-corrected chi connectivity index (χ0v) is 16.2. The lowest BCUT2D eigenvalue weighted by molar-refractivity contribution is -0.133. The number of ether oxygens (including phenoxy) is 1. The van der Waals surface area contributed by atoms with Crippen LogP contribution < -0.4 is 10.1 Å². The second kappa shape index (κ2) is 7.50. The number of H-pyrrole nitrogens is 1. The first-order chi connectivity index (χ1) is 13.6. The number of nitrogens with one attached hydrogen (secondary N) is 2. The van der Waals surface area contributed by atoms with E-state index in [1.807, 2.05) is 0 Å². The standard InChI is InChI=1S/C20H26FN5O2/c1-3-20(19(27)22-10-18-23-12-24-25-18)9-15-6-7-17(20)26(15)11-13-4-5-14(21)8-16(13)28-2/h4-5,8,12,15,17H,3,6-7,9-11H2,1-2H3,(H,22,27)(H,23,24,25)/t15-,17+,20+/m0/s1. The molecule has 2 N–H and O–H groups in total. The van der Waals surface area contributed by atoms with Gasteiger partial charge in [-0.2, -0.15) is 5.10 Å². The van der Waals surface area contributed by atoms with Gasteiger partial charge in [0.05, 0.1) is 19.1 Å². The third-order valence-corrected chi connectivity index (χ3v) is 6.45.